The lowest BCUT2D eigenvalue weighted by Gasteiger charge is -2.01. The topological polar surface area (TPSA) is 117 Å². The van der Waals surface area contributed by atoms with E-state index in [0.29, 0.717) is 26.2 Å². The van der Waals surface area contributed by atoms with E-state index in [9.17, 15) is 18.0 Å². The molecule has 3 saturated heterocycles. The Labute approximate surface area is 118 Å². The van der Waals surface area contributed by atoms with Crippen LogP contribution >= 0.6 is 0 Å². The third-order valence-corrected chi connectivity index (χ3v) is 4.20. The van der Waals surface area contributed by atoms with E-state index in [1.54, 1.807) is 7.05 Å². The lowest BCUT2D eigenvalue weighted by molar-refractivity contribution is -0.119. The monoisotopic (exact) mass is 308 g/mol. The lowest BCUT2D eigenvalue weighted by Crippen LogP contribution is -2.25. The molecule has 10 heteroatoms. The van der Waals surface area contributed by atoms with Crippen molar-refractivity contribution in [2.45, 2.75) is 12.8 Å². The minimum absolute atomic E-state index is 0.204. The number of hydrogen-bond acceptors (Lipinski definition) is 5. The number of alkyl carbamates (subject to hydrolysis) is 1. The van der Waals surface area contributed by atoms with Crippen LogP contribution in [0.5, 0.6) is 0 Å². The Morgan fingerprint density at radius 3 is 2.05 bits per heavy atom. The van der Waals surface area contributed by atoms with Crippen LogP contribution in [-0.4, -0.2) is 64.6 Å². The Hall–Kier alpha value is -1.39. The van der Waals surface area contributed by atoms with Crippen LogP contribution in [-0.2, 0) is 19.7 Å². The summed E-state index contributed by atoms with van der Waals surface area (Å²) < 4.78 is 29.2. The highest BCUT2D eigenvalue weighted by Gasteiger charge is 2.22. The molecule has 116 valence electrons. The Balaban J connectivity index is 0.000000152. The van der Waals surface area contributed by atoms with Gasteiger partial charge in [0.15, 0.2) is 0 Å². The second kappa shape index (κ2) is 8.02. The van der Waals surface area contributed by atoms with Crippen molar-refractivity contribution in [1.82, 2.24) is 19.7 Å². The van der Waals surface area contributed by atoms with Gasteiger partial charge in [-0.3, -0.25) is 4.79 Å². The zero-order chi connectivity index (χ0) is 15.0. The van der Waals surface area contributed by atoms with Crippen molar-refractivity contribution in [3.8, 4) is 0 Å². The maximum atomic E-state index is 10.6. The molecule has 3 aliphatic heterocycles. The Morgan fingerprint density at radius 1 is 1.15 bits per heavy atom. The van der Waals surface area contributed by atoms with Crippen molar-refractivity contribution in [3.05, 3.63) is 0 Å². The van der Waals surface area contributed by atoms with Gasteiger partial charge in [-0.15, -0.1) is 0 Å². The first-order valence-electron chi connectivity index (χ1n) is 6.30. The molecule has 2 amide bonds. The average Bonchev–Trinajstić information content (AvgIpc) is 3.08. The summed E-state index contributed by atoms with van der Waals surface area (Å²) in [5.41, 5.74) is 0. The summed E-state index contributed by atoms with van der Waals surface area (Å²) in [6, 6.07) is 0. The number of ether oxygens (including phenoxy) is 1. The summed E-state index contributed by atoms with van der Waals surface area (Å²) in [5.74, 6) is 0.204. The summed E-state index contributed by atoms with van der Waals surface area (Å²) in [6.07, 6.45) is 1.47. The van der Waals surface area contributed by atoms with Crippen LogP contribution < -0.4 is 15.4 Å². The minimum atomic E-state index is -3.04. The van der Waals surface area contributed by atoms with Crippen LogP contribution in [0.25, 0.3) is 0 Å². The summed E-state index contributed by atoms with van der Waals surface area (Å²) in [5, 5.41) is 5.14. The zero-order valence-corrected chi connectivity index (χ0v) is 12.2. The highest BCUT2D eigenvalue weighted by Crippen LogP contribution is 1.97. The Morgan fingerprint density at radius 2 is 1.90 bits per heavy atom. The molecule has 0 aromatic carbocycles. The van der Waals surface area contributed by atoms with Crippen LogP contribution in [0.2, 0.25) is 0 Å². The van der Waals surface area contributed by atoms with E-state index in [0.717, 1.165) is 19.4 Å². The van der Waals surface area contributed by atoms with Crippen LogP contribution in [0.4, 0.5) is 4.79 Å². The largest absolute Gasteiger partial charge is 0.448 e. The van der Waals surface area contributed by atoms with Crippen molar-refractivity contribution in [2.75, 3.05) is 39.8 Å². The first-order chi connectivity index (χ1) is 9.42. The number of cyclic esters (lactones) is 1. The number of amides is 2. The number of hydrogen-bond donors (Lipinski definition) is 3. The molecule has 0 radical (unpaired) electrons. The van der Waals surface area contributed by atoms with E-state index in [4.69, 9.17) is 0 Å². The first-order valence-corrected chi connectivity index (χ1v) is 7.74. The molecule has 0 aromatic heterocycles. The minimum Gasteiger partial charge on any atom is -0.448 e. The highest BCUT2D eigenvalue weighted by atomic mass is 32.2. The molecular formula is C10H20N4O5S. The zero-order valence-electron chi connectivity index (χ0n) is 11.3. The molecule has 3 fully saturated rings. The van der Waals surface area contributed by atoms with Crippen LogP contribution in [0.1, 0.15) is 12.8 Å². The van der Waals surface area contributed by atoms with Crippen molar-refractivity contribution < 1.29 is 22.7 Å². The second-order valence-electron chi connectivity index (χ2n) is 4.24. The predicted octanol–water partition coefficient (Wildman–Crippen LogP) is -1.61. The van der Waals surface area contributed by atoms with Gasteiger partial charge in [-0.2, -0.15) is 12.7 Å². The Bertz CT molecular complexity index is 403. The quantitative estimate of drug-likeness (QED) is 0.498. The molecule has 20 heavy (non-hydrogen) atoms. The van der Waals surface area contributed by atoms with Crippen LogP contribution in [0, 0.1) is 0 Å². The van der Waals surface area contributed by atoms with Crippen molar-refractivity contribution in [3.63, 3.8) is 0 Å². The number of nitrogens with zero attached hydrogens (tertiary/aromatic N) is 1. The molecule has 0 spiro atoms. The van der Waals surface area contributed by atoms with Gasteiger partial charge in [-0.1, -0.05) is 0 Å². The van der Waals surface area contributed by atoms with Gasteiger partial charge in [0.25, 0.3) is 10.2 Å². The van der Waals surface area contributed by atoms with Gasteiger partial charge in [-0.05, 0) is 6.42 Å². The molecule has 3 aliphatic rings. The summed E-state index contributed by atoms with van der Waals surface area (Å²) in [4.78, 5) is 20.0. The molecule has 3 N–H and O–H groups in total. The number of nitrogens with one attached hydrogen (secondary N) is 3. The fourth-order valence-corrected chi connectivity index (χ4v) is 2.38. The molecule has 0 bridgehead atoms. The SMILES string of the molecule is CN1CCNS1(=O)=O.O=C1CCCN1.O=C1NCCO1. The van der Waals surface area contributed by atoms with Gasteiger partial charge < -0.3 is 15.4 Å². The number of rotatable bonds is 0. The van der Waals surface area contributed by atoms with Gasteiger partial charge in [0.05, 0.1) is 6.54 Å². The highest BCUT2D eigenvalue weighted by molar-refractivity contribution is 7.87. The standard InChI is InChI=1S/C4H7NO.C3H8N2O2S.C3H5NO2/c6-4-2-1-3-5-4;1-5-3-2-4-8(5,6)7;5-3-4-1-2-6-3/h1-3H2,(H,5,6);4H,2-3H2,1H3;1-2H2,(H,4,5). The number of carbonyl (C=O) groups excluding carboxylic acids is 2. The van der Waals surface area contributed by atoms with E-state index in [-0.39, 0.29) is 12.0 Å². The Kier molecular flexibility index (Phi) is 6.68. The van der Waals surface area contributed by atoms with Gasteiger partial charge in [0, 0.05) is 33.1 Å². The molecule has 9 nitrogen and oxygen atoms in total. The van der Waals surface area contributed by atoms with Crippen molar-refractivity contribution in [2.24, 2.45) is 0 Å². The van der Waals surface area contributed by atoms with Gasteiger partial charge in [-0.25, -0.2) is 9.52 Å². The molecule has 0 unspecified atom stereocenters. The number of likely N-dealkylation sites (N-methyl/N-ethyl adjacent to an activating group) is 1. The first kappa shape index (κ1) is 16.7. The van der Waals surface area contributed by atoms with Crippen molar-refractivity contribution >= 4 is 22.2 Å². The van der Waals surface area contributed by atoms with Crippen LogP contribution in [0.15, 0.2) is 0 Å². The fraction of sp³-hybridized carbons (Fsp3) is 0.800. The van der Waals surface area contributed by atoms with Gasteiger partial charge in [0.1, 0.15) is 6.61 Å². The molecule has 0 atom stereocenters. The normalized spacial score (nSPS) is 23.6. The smallest absolute Gasteiger partial charge is 0.407 e. The maximum absolute atomic E-state index is 10.6. The van der Waals surface area contributed by atoms with E-state index in [2.05, 4.69) is 20.1 Å². The molecule has 3 heterocycles. The number of carbonyl (C=O) groups is 2. The predicted molar refractivity (Wildman–Crippen MR) is 71.1 cm³/mol. The lowest BCUT2D eigenvalue weighted by atomic mass is 10.4. The summed E-state index contributed by atoms with van der Waals surface area (Å²) in [6.45, 7) is 3.21. The van der Waals surface area contributed by atoms with Gasteiger partial charge >= 0.3 is 6.09 Å². The third kappa shape index (κ3) is 6.17. The van der Waals surface area contributed by atoms with Crippen LogP contribution in [0.3, 0.4) is 0 Å². The molecular weight excluding hydrogens is 288 g/mol. The molecule has 3 rings (SSSR count). The molecule has 0 aliphatic carbocycles. The van der Waals surface area contributed by atoms with Crippen molar-refractivity contribution in [1.29, 1.82) is 0 Å². The maximum Gasteiger partial charge on any atom is 0.407 e. The van der Waals surface area contributed by atoms with E-state index >= 15 is 0 Å². The summed E-state index contributed by atoms with van der Waals surface area (Å²) in [7, 11) is -1.49. The average molecular weight is 308 g/mol. The fourth-order valence-electron chi connectivity index (χ4n) is 1.48. The molecule has 0 aromatic rings. The second-order valence-corrected chi connectivity index (χ2v) is 6.10. The van der Waals surface area contributed by atoms with E-state index in [1.807, 2.05) is 0 Å². The summed E-state index contributed by atoms with van der Waals surface area (Å²) >= 11 is 0. The molecule has 0 saturated carbocycles. The van der Waals surface area contributed by atoms with Gasteiger partial charge in [0.2, 0.25) is 5.91 Å². The third-order valence-electron chi connectivity index (χ3n) is 2.63. The van der Waals surface area contributed by atoms with E-state index in [1.165, 1.54) is 4.31 Å². The van der Waals surface area contributed by atoms with E-state index < -0.39 is 10.2 Å².